The van der Waals surface area contributed by atoms with Crippen LogP contribution in [-0.2, 0) is 14.4 Å². The van der Waals surface area contributed by atoms with Crippen molar-refractivity contribution in [3.63, 3.8) is 0 Å². The normalized spacial score (nSPS) is 16.6. The summed E-state index contributed by atoms with van der Waals surface area (Å²) in [4.78, 5) is 119. The number of piperazine rings is 3. The van der Waals surface area contributed by atoms with Gasteiger partial charge in [0, 0.05) is 110 Å². The van der Waals surface area contributed by atoms with Gasteiger partial charge >= 0.3 is 0 Å². The van der Waals surface area contributed by atoms with Crippen molar-refractivity contribution in [3.05, 3.63) is 257 Å². The zero-order valence-electron chi connectivity index (χ0n) is 78.4. The molecule has 12 heterocycles. The maximum Gasteiger partial charge on any atom is 0.276 e. The molecule has 0 aliphatic carbocycles. The quantitative estimate of drug-likeness (QED) is 0.0282. The summed E-state index contributed by atoms with van der Waals surface area (Å²) < 4.78 is 139. The van der Waals surface area contributed by atoms with Gasteiger partial charge in [-0.3, -0.25) is 57.4 Å². The molecule has 3 saturated heterocycles. The van der Waals surface area contributed by atoms with Gasteiger partial charge in [-0.1, -0.05) is 131 Å². The summed E-state index contributed by atoms with van der Waals surface area (Å²) in [6.07, 6.45) is 8.42. The van der Waals surface area contributed by atoms with Gasteiger partial charge in [-0.2, -0.15) is 15.8 Å². The number of halogens is 15. The summed E-state index contributed by atoms with van der Waals surface area (Å²) in [5.41, 5.74) is 13.0. The number of anilines is 6. The van der Waals surface area contributed by atoms with Gasteiger partial charge in [-0.05, 0) is 151 Å². The fraction of sp³-hybridized carbons (Fsp3) is 0.303. The van der Waals surface area contributed by atoms with Crippen LogP contribution < -0.4 is 48.6 Å². The summed E-state index contributed by atoms with van der Waals surface area (Å²) >= 11 is 37.0. The number of aromatic nitrogens is 9. The van der Waals surface area contributed by atoms with E-state index in [1.165, 1.54) is 50.1 Å². The number of fused-ring (bicyclic) bond motifs is 3. The van der Waals surface area contributed by atoms with E-state index in [0.717, 1.165) is 0 Å². The number of nitrogens with two attached hydrogens (primary N) is 3. The lowest BCUT2D eigenvalue weighted by Crippen LogP contribution is -2.58. The molecule has 0 unspecified atom stereocenters. The van der Waals surface area contributed by atoms with E-state index in [4.69, 9.17) is 86.8 Å². The highest BCUT2D eigenvalue weighted by Crippen LogP contribution is 2.49. The average Bonchev–Trinajstić information content (AvgIpc) is 0.725. The molecule has 3 aromatic carbocycles. The van der Waals surface area contributed by atoms with Gasteiger partial charge in [-0.15, -0.1) is 0 Å². The minimum atomic E-state index is -1.69. The van der Waals surface area contributed by atoms with Crippen LogP contribution in [-0.4, -0.2) is 152 Å². The van der Waals surface area contributed by atoms with E-state index in [-0.39, 0.29) is 193 Å². The van der Waals surface area contributed by atoms with E-state index in [9.17, 15) is 70.9 Å². The first kappa shape index (κ1) is 105. The molecule has 0 saturated carbocycles. The molecule has 732 valence electrons. The Balaban J connectivity index is 0.000000178. The summed E-state index contributed by atoms with van der Waals surface area (Å²) in [6, 6.07) is 13.1. The number of nitrogens with zero attached hydrogens (tertiary/aromatic N) is 18. The summed E-state index contributed by atoms with van der Waals surface area (Å²) in [5, 5.41) is 27.9. The SMILES string of the molecule is C=CC(=O)N1[C@H](C)CN(c2c(C#N)c(=O)n(-c3c(C)ccnc3C(C)C)c3nc(-c4c(N)c(F)c(Cl)c(F)c4F)c(Cl)cc23)C[C@@H]1C.C=CC(=O)N1[C@H](C)CN(c2c(C#N)c(=O)n(-c3c(C)ccnc3C(C)C)c3nc(-c4c(N)c(F)c(Cl)c(F)c4F)c(Cl)cc23)C[C@@H]1C.C=CC(=O)N1[C@H](C)CN(c2c(C#N)c(=O)n(-c3c(C)ccnc3C(C)C)c3nc(-c4c(N)c(F)c(Cl)c(F)c4F)c(Cl)cc23)C[C@@H]1C. The van der Waals surface area contributed by atoms with E-state index in [2.05, 4.69) is 67.8 Å². The highest BCUT2D eigenvalue weighted by atomic mass is 35.5. The highest BCUT2D eigenvalue weighted by molar-refractivity contribution is 6.36. The topological polar surface area (TPSA) is 363 Å². The summed E-state index contributed by atoms with van der Waals surface area (Å²) in [5.74, 6) is -15.5. The lowest BCUT2D eigenvalue weighted by molar-refractivity contribution is -0.131. The number of benzene rings is 3. The van der Waals surface area contributed by atoms with Crippen LogP contribution in [0.3, 0.4) is 0 Å². The number of pyridine rings is 9. The van der Waals surface area contributed by atoms with E-state index in [1.54, 1.807) is 87.0 Å². The zero-order chi connectivity index (χ0) is 104. The lowest BCUT2D eigenvalue weighted by Gasteiger charge is -2.45. The standard InChI is InChI=1S/3C33H30Cl2F3N7O2/c3*1-7-21(46)44-16(5)12-43(13-17(44)6)31-18-10-20(34)29(22-24(36)25(37)23(35)26(38)27(22)40)42-32(18)45(33(47)19(31)11-39)30-15(4)8-9-41-28(30)14(2)3/h3*7-10,14,16-17H,1,12-13,40H2,2-6H3/t3*16-,17+. The number of amides is 3. The lowest BCUT2D eigenvalue weighted by atomic mass is 10.0. The molecule has 12 aromatic rings. The Labute approximate surface area is 832 Å². The van der Waals surface area contributed by atoms with Crippen molar-refractivity contribution in [2.45, 2.75) is 158 Å². The van der Waals surface area contributed by atoms with Crippen molar-refractivity contribution >= 4 is 155 Å². The Bertz CT molecular complexity index is 6860. The second-order valence-corrected chi connectivity index (χ2v) is 37.7. The van der Waals surface area contributed by atoms with Gasteiger partial charge in [0.05, 0.1) is 117 Å². The molecule has 0 spiro atoms. The number of aryl methyl sites for hydroxylation is 3. The van der Waals surface area contributed by atoms with Gasteiger partial charge in [0.1, 0.15) is 66.9 Å². The van der Waals surface area contributed by atoms with E-state index >= 15 is 13.2 Å². The first-order chi connectivity index (χ1) is 66.5. The number of nitrogen functional groups attached to an aromatic ring is 3. The van der Waals surface area contributed by atoms with Gasteiger partial charge in [-0.25, -0.2) is 54.5 Å². The number of rotatable bonds is 15. The first-order valence-corrected chi connectivity index (χ1v) is 46.1. The molecule has 0 bridgehead atoms. The second kappa shape index (κ2) is 40.8. The van der Waals surface area contributed by atoms with Crippen LogP contribution in [0.1, 0.15) is 151 Å². The zero-order valence-corrected chi connectivity index (χ0v) is 82.9. The summed E-state index contributed by atoms with van der Waals surface area (Å²) in [7, 11) is 0. The fourth-order valence-electron chi connectivity index (χ4n) is 18.9. The molecule has 42 heteroatoms. The van der Waals surface area contributed by atoms with Crippen LogP contribution in [0.5, 0.6) is 0 Å². The van der Waals surface area contributed by atoms with E-state index in [1.807, 2.05) is 83.1 Å². The second-order valence-electron chi connectivity index (χ2n) is 35.3. The predicted octanol–water partition coefficient (Wildman–Crippen LogP) is 20.0. The summed E-state index contributed by atoms with van der Waals surface area (Å²) in [6.45, 7) is 39.5. The molecule has 3 aliphatic rings. The Morgan fingerprint density at radius 1 is 0.383 bits per heavy atom. The monoisotopic (exact) mass is 2050 g/mol. The minimum Gasteiger partial charge on any atom is -0.396 e. The number of carbonyl (C=O) groups excluding carboxylic acids is 3. The molecule has 0 radical (unpaired) electrons. The Morgan fingerprint density at radius 2 is 0.596 bits per heavy atom. The molecular formula is C99H90Cl6F9N21O6. The van der Waals surface area contributed by atoms with Gasteiger partial charge < -0.3 is 46.6 Å². The molecule has 3 fully saturated rings. The van der Waals surface area contributed by atoms with Gasteiger partial charge in [0.15, 0.2) is 52.4 Å². The van der Waals surface area contributed by atoms with Crippen LogP contribution in [0.4, 0.5) is 73.6 Å². The maximum atomic E-state index is 15.4. The Morgan fingerprint density at radius 3 is 0.787 bits per heavy atom. The minimum absolute atomic E-state index is 0.0964. The highest BCUT2D eigenvalue weighted by Gasteiger charge is 2.42. The predicted molar refractivity (Wildman–Crippen MR) is 530 cm³/mol. The number of nitriles is 3. The van der Waals surface area contributed by atoms with Crippen LogP contribution in [0.25, 0.3) is 83.9 Å². The van der Waals surface area contributed by atoms with Crippen LogP contribution in [0.2, 0.25) is 30.1 Å². The van der Waals surface area contributed by atoms with Crippen LogP contribution in [0.15, 0.2) is 107 Å². The molecule has 27 nitrogen and oxygen atoms in total. The molecule has 141 heavy (non-hydrogen) atoms. The molecule has 3 aliphatic heterocycles. The van der Waals surface area contributed by atoms with E-state index < -0.39 is 135 Å². The molecular weight excluding hydrogens is 1960 g/mol. The Hall–Kier alpha value is -13.8. The molecule has 6 atom stereocenters. The van der Waals surface area contributed by atoms with Gasteiger partial charge in [0.25, 0.3) is 16.7 Å². The number of hydrogen-bond donors (Lipinski definition) is 3. The van der Waals surface area contributed by atoms with Crippen LogP contribution in [0, 0.1) is 107 Å². The van der Waals surface area contributed by atoms with Crippen molar-refractivity contribution in [1.82, 2.24) is 58.3 Å². The first-order valence-electron chi connectivity index (χ1n) is 43.9. The maximum absolute atomic E-state index is 15.4. The Kier molecular flexibility index (Phi) is 30.3. The smallest absolute Gasteiger partial charge is 0.276 e. The molecule has 15 rings (SSSR count). The molecule has 3 amide bonds. The van der Waals surface area contributed by atoms with Crippen molar-refractivity contribution < 1.29 is 53.9 Å². The third-order valence-corrected chi connectivity index (χ3v) is 26.8. The van der Waals surface area contributed by atoms with E-state index in [0.29, 0.717) is 50.8 Å². The van der Waals surface area contributed by atoms with Crippen molar-refractivity contribution in [2.24, 2.45) is 0 Å². The number of hydrogen-bond acceptors (Lipinski definition) is 21. The van der Waals surface area contributed by atoms with Crippen molar-refractivity contribution in [3.8, 4) is 69.0 Å². The van der Waals surface area contributed by atoms with Gasteiger partial charge in [0.2, 0.25) is 17.7 Å². The van der Waals surface area contributed by atoms with Crippen molar-refractivity contribution in [1.29, 1.82) is 15.8 Å². The third kappa shape index (κ3) is 18.1. The molecule has 9 aromatic heterocycles. The largest absolute Gasteiger partial charge is 0.396 e. The third-order valence-electron chi connectivity index (χ3n) is 25.0. The number of carbonyl (C=O) groups is 3. The molecule has 6 N–H and O–H groups in total. The van der Waals surface area contributed by atoms with Crippen molar-refractivity contribution in [2.75, 3.05) is 71.2 Å². The fourth-order valence-corrected chi connectivity index (χ4v) is 20.2. The average molecular weight is 2050 g/mol. The van der Waals surface area contributed by atoms with Crippen LogP contribution >= 0.6 is 69.6 Å².